The predicted molar refractivity (Wildman–Crippen MR) is 101 cm³/mol. The van der Waals surface area contributed by atoms with Crippen LogP contribution in [-0.2, 0) is 16.6 Å². The third kappa shape index (κ3) is 3.11. The average molecular weight is 422 g/mol. The largest absolute Gasteiger partial charge is 0.508 e. The predicted octanol–water partition coefficient (Wildman–Crippen LogP) is 5.90. The lowest BCUT2D eigenvalue weighted by Gasteiger charge is -2.20. The van der Waals surface area contributed by atoms with Gasteiger partial charge in [0.2, 0.25) is 5.67 Å². The first kappa shape index (κ1) is 19.3. The molecule has 148 valence electrons. The summed E-state index contributed by atoms with van der Waals surface area (Å²) in [4.78, 5) is 12.5. The maximum atomic E-state index is 15.8. The highest BCUT2D eigenvalue weighted by molar-refractivity contribution is 6.30. The van der Waals surface area contributed by atoms with Crippen molar-refractivity contribution < 1.29 is 27.5 Å². The Bertz CT molecular complexity index is 1130. The number of phenolic OH excluding ortho intramolecular Hbond substituents is 1. The lowest BCUT2D eigenvalue weighted by molar-refractivity contribution is -0.137. The van der Waals surface area contributed by atoms with E-state index in [2.05, 4.69) is 5.32 Å². The molecule has 1 aliphatic rings. The van der Waals surface area contributed by atoms with Crippen LogP contribution in [0.3, 0.4) is 0 Å². The fourth-order valence-electron chi connectivity index (χ4n) is 3.36. The van der Waals surface area contributed by atoms with Gasteiger partial charge in [0.15, 0.2) is 0 Å². The summed E-state index contributed by atoms with van der Waals surface area (Å²) >= 11 is 5.89. The van der Waals surface area contributed by atoms with Gasteiger partial charge in [0.05, 0.1) is 5.56 Å². The smallest absolute Gasteiger partial charge is 0.416 e. The van der Waals surface area contributed by atoms with Crippen LogP contribution in [0.25, 0.3) is 11.1 Å². The second kappa shape index (κ2) is 6.49. The minimum absolute atomic E-state index is 0.0178. The maximum Gasteiger partial charge on any atom is 0.416 e. The summed E-state index contributed by atoms with van der Waals surface area (Å²) in [5, 5.41) is 12.6. The van der Waals surface area contributed by atoms with E-state index in [0.717, 1.165) is 12.1 Å². The third-order valence-electron chi connectivity index (χ3n) is 4.83. The van der Waals surface area contributed by atoms with Gasteiger partial charge in [-0.25, -0.2) is 4.39 Å². The van der Waals surface area contributed by atoms with Crippen LogP contribution in [0.15, 0.2) is 60.7 Å². The van der Waals surface area contributed by atoms with Crippen molar-refractivity contribution in [3.05, 3.63) is 82.4 Å². The minimum atomic E-state index is -4.45. The van der Waals surface area contributed by atoms with Crippen molar-refractivity contribution in [1.29, 1.82) is 0 Å². The number of benzene rings is 3. The first-order valence-electron chi connectivity index (χ1n) is 8.42. The zero-order valence-corrected chi connectivity index (χ0v) is 15.3. The Morgan fingerprint density at radius 1 is 0.897 bits per heavy atom. The van der Waals surface area contributed by atoms with Gasteiger partial charge in [0, 0.05) is 21.8 Å². The van der Waals surface area contributed by atoms with Crippen LogP contribution in [-0.4, -0.2) is 11.0 Å². The summed E-state index contributed by atoms with van der Waals surface area (Å²) in [6, 6.07) is 12.6. The van der Waals surface area contributed by atoms with Crippen LogP contribution >= 0.6 is 11.6 Å². The summed E-state index contributed by atoms with van der Waals surface area (Å²) in [5.74, 6) is -1.42. The average Bonchev–Trinajstić information content (AvgIpc) is 2.93. The first-order chi connectivity index (χ1) is 13.6. The van der Waals surface area contributed by atoms with Gasteiger partial charge < -0.3 is 10.4 Å². The van der Waals surface area contributed by atoms with Gasteiger partial charge in [-0.2, -0.15) is 13.2 Å². The number of halogens is 5. The molecule has 3 aromatic rings. The summed E-state index contributed by atoms with van der Waals surface area (Å²) in [6.45, 7) is 0. The molecular weight excluding hydrogens is 410 g/mol. The molecule has 29 heavy (non-hydrogen) atoms. The fourth-order valence-corrected chi connectivity index (χ4v) is 3.53. The second-order valence-corrected chi connectivity index (χ2v) is 7.05. The number of fused-ring (bicyclic) bond motifs is 1. The fraction of sp³-hybridized carbons (Fsp3) is 0.0952. The van der Waals surface area contributed by atoms with Crippen molar-refractivity contribution in [2.45, 2.75) is 11.8 Å². The molecule has 1 amide bonds. The third-order valence-corrected chi connectivity index (χ3v) is 5.06. The van der Waals surface area contributed by atoms with Crippen LogP contribution in [0.4, 0.5) is 23.2 Å². The summed E-state index contributed by atoms with van der Waals surface area (Å²) in [6.07, 6.45) is -4.45. The first-order valence-corrected chi connectivity index (χ1v) is 8.80. The SMILES string of the molecule is O=C1Nc2cc(-c3ccc(C(F)(F)F)cc3)ccc2C1(F)c1cc(Cl)ccc1O. The Labute approximate surface area is 167 Å². The molecular formula is C21H12ClF4NO2. The minimum Gasteiger partial charge on any atom is -0.508 e. The topological polar surface area (TPSA) is 49.3 Å². The van der Waals surface area contributed by atoms with Gasteiger partial charge >= 0.3 is 6.18 Å². The molecule has 3 aromatic carbocycles. The van der Waals surface area contributed by atoms with E-state index in [9.17, 15) is 23.1 Å². The molecule has 2 N–H and O–H groups in total. The highest BCUT2D eigenvalue weighted by Gasteiger charge is 2.50. The maximum absolute atomic E-state index is 15.8. The molecule has 1 aliphatic heterocycles. The van der Waals surface area contributed by atoms with Gasteiger partial charge in [-0.15, -0.1) is 0 Å². The van der Waals surface area contributed by atoms with E-state index in [-0.39, 0.29) is 21.8 Å². The van der Waals surface area contributed by atoms with Crippen molar-refractivity contribution in [2.75, 3.05) is 5.32 Å². The molecule has 1 unspecified atom stereocenters. The number of hydrogen-bond acceptors (Lipinski definition) is 2. The van der Waals surface area contributed by atoms with Crippen LogP contribution < -0.4 is 5.32 Å². The van der Waals surface area contributed by atoms with E-state index in [1.54, 1.807) is 0 Å². The highest BCUT2D eigenvalue weighted by atomic mass is 35.5. The highest BCUT2D eigenvalue weighted by Crippen LogP contribution is 2.48. The number of hydrogen-bond donors (Lipinski definition) is 2. The number of amides is 1. The molecule has 0 saturated heterocycles. The van der Waals surface area contributed by atoms with E-state index in [4.69, 9.17) is 11.6 Å². The van der Waals surface area contributed by atoms with Gasteiger partial charge in [0.25, 0.3) is 5.91 Å². The summed E-state index contributed by atoms with van der Waals surface area (Å²) < 4.78 is 54.0. The zero-order chi connectivity index (χ0) is 21.0. The van der Waals surface area contributed by atoms with Crippen molar-refractivity contribution in [2.24, 2.45) is 0 Å². The molecule has 0 aromatic heterocycles. The standard InChI is InChI=1S/C21H12ClF4NO2/c22-14-6-8-18(28)16(10-14)20(23)15-7-3-12(9-17(15)27-19(20)29)11-1-4-13(5-2-11)21(24,25)26/h1-10,28H,(H,27,29). The Morgan fingerprint density at radius 3 is 2.21 bits per heavy atom. The normalized spacial score (nSPS) is 18.4. The van der Waals surface area contributed by atoms with E-state index in [1.165, 1.54) is 48.5 Å². The van der Waals surface area contributed by atoms with Crippen molar-refractivity contribution >= 4 is 23.2 Å². The lowest BCUT2D eigenvalue weighted by Crippen LogP contribution is -2.30. The van der Waals surface area contributed by atoms with Gasteiger partial charge in [-0.3, -0.25) is 4.79 Å². The number of anilines is 1. The van der Waals surface area contributed by atoms with E-state index >= 15 is 4.39 Å². The molecule has 4 rings (SSSR count). The quantitative estimate of drug-likeness (QED) is 0.506. The number of rotatable bonds is 2. The van der Waals surface area contributed by atoms with Crippen LogP contribution in [0, 0.1) is 0 Å². The Morgan fingerprint density at radius 2 is 1.55 bits per heavy atom. The Kier molecular flexibility index (Phi) is 4.31. The van der Waals surface area contributed by atoms with Crippen LogP contribution in [0.1, 0.15) is 16.7 Å². The number of nitrogens with one attached hydrogen (secondary N) is 1. The van der Waals surface area contributed by atoms with Crippen molar-refractivity contribution in [3.63, 3.8) is 0 Å². The zero-order valence-electron chi connectivity index (χ0n) is 14.5. The molecule has 0 radical (unpaired) electrons. The molecule has 0 spiro atoms. The molecule has 0 aliphatic carbocycles. The molecule has 0 fully saturated rings. The number of alkyl halides is 4. The number of aromatic hydroxyl groups is 1. The van der Waals surface area contributed by atoms with Gasteiger partial charge in [-0.1, -0.05) is 35.9 Å². The van der Waals surface area contributed by atoms with Crippen LogP contribution in [0.2, 0.25) is 5.02 Å². The molecule has 1 heterocycles. The molecule has 0 saturated carbocycles. The molecule has 1 atom stereocenters. The van der Waals surface area contributed by atoms with Gasteiger partial charge in [-0.05, 0) is 47.5 Å². The number of phenols is 1. The van der Waals surface area contributed by atoms with E-state index in [0.29, 0.717) is 11.1 Å². The lowest BCUT2D eigenvalue weighted by atomic mass is 9.87. The van der Waals surface area contributed by atoms with Crippen molar-refractivity contribution in [1.82, 2.24) is 0 Å². The van der Waals surface area contributed by atoms with Gasteiger partial charge in [0.1, 0.15) is 5.75 Å². The monoisotopic (exact) mass is 421 g/mol. The molecule has 3 nitrogen and oxygen atoms in total. The second-order valence-electron chi connectivity index (χ2n) is 6.61. The van der Waals surface area contributed by atoms with Crippen molar-refractivity contribution in [3.8, 4) is 16.9 Å². The Hall–Kier alpha value is -3.06. The number of carbonyl (C=O) groups excluding carboxylic acids is 1. The molecule has 8 heteroatoms. The number of carbonyl (C=O) groups is 1. The van der Waals surface area contributed by atoms with Crippen LogP contribution in [0.5, 0.6) is 5.75 Å². The molecule has 0 bridgehead atoms. The van der Waals surface area contributed by atoms with E-state index in [1.807, 2.05) is 0 Å². The summed E-state index contributed by atoms with van der Waals surface area (Å²) in [7, 11) is 0. The Balaban J connectivity index is 1.77. The van der Waals surface area contributed by atoms with E-state index < -0.39 is 29.1 Å². The summed E-state index contributed by atoms with van der Waals surface area (Å²) in [5.41, 5.74) is -2.61.